The number of rotatable bonds is 4. The van der Waals surface area contributed by atoms with Crippen molar-refractivity contribution in [2.24, 2.45) is 7.05 Å². The van der Waals surface area contributed by atoms with Crippen LogP contribution in [0.1, 0.15) is 29.8 Å². The molecule has 1 N–H and O–H groups in total. The van der Waals surface area contributed by atoms with Gasteiger partial charge < -0.3 is 14.6 Å². The van der Waals surface area contributed by atoms with E-state index >= 15 is 0 Å². The molecule has 0 aliphatic heterocycles. The second-order valence-electron chi connectivity index (χ2n) is 6.14. The van der Waals surface area contributed by atoms with Gasteiger partial charge in [-0.2, -0.15) is 0 Å². The van der Waals surface area contributed by atoms with Crippen LogP contribution in [-0.4, -0.2) is 22.1 Å². The van der Waals surface area contributed by atoms with Crippen molar-refractivity contribution in [1.29, 1.82) is 0 Å². The van der Waals surface area contributed by atoms with Gasteiger partial charge in [0.05, 0.1) is 5.52 Å². The van der Waals surface area contributed by atoms with Crippen LogP contribution in [-0.2, 0) is 32.9 Å². The minimum absolute atomic E-state index is 0. The molecule has 27 heavy (non-hydrogen) atoms. The van der Waals surface area contributed by atoms with Crippen LogP contribution in [0.5, 0.6) is 5.75 Å². The quantitative estimate of drug-likeness (QED) is 0.664. The van der Waals surface area contributed by atoms with Crippen LogP contribution in [0.4, 0.5) is 5.69 Å². The third-order valence-electron chi connectivity index (χ3n) is 4.71. The predicted molar refractivity (Wildman–Crippen MR) is 104 cm³/mol. The number of carbonyl (C=O) groups excluding carboxylic acids is 1. The largest absolute Gasteiger partial charge is 0.506 e. The minimum Gasteiger partial charge on any atom is -0.506 e. The molecule has 2 aromatic carbocycles. The molecule has 3 aromatic rings. The standard InChI is InChI=1S/C21H22N2O3.Zn/c1-4-14-10-9-13-16-17(14)19(24)18(20(25)22(16)3)21(26)23(5-2)15-11-7-6-8-12-15;/h6-13,24H,4-5H2,1-3H3;. The molecule has 1 heterocycles. The van der Waals surface area contributed by atoms with Crippen molar-refractivity contribution in [2.75, 3.05) is 11.4 Å². The third kappa shape index (κ3) is 3.54. The Morgan fingerprint density at radius 2 is 1.74 bits per heavy atom. The maximum absolute atomic E-state index is 13.2. The van der Waals surface area contributed by atoms with E-state index in [0.29, 0.717) is 29.6 Å². The maximum Gasteiger partial charge on any atom is 0.267 e. The van der Waals surface area contributed by atoms with E-state index in [9.17, 15) is 14.7 Å². The van der Waals surface area contributed by atoms with E-state index in [2.05, 4.69) is 0 Å². The zero-order valence-electron chi connectivity index (χ0n) is 15.9. The molecule has 0 unspecified atom stereocenters. The molecule has 3 rings (SSSR count). The number of para-hydroxylation sites is 1. The molecule has 0 atom stereocenters. The first-order chi connectivity index (χ1) is 12.5. The molecule has 0 fully saturated rings. The summed E-state index contributed by atoms with van der Waals surface area (Å²) in [6.07, 6.45) is 0.687. The van der Waals surface area contributed by atoms with Gasteiger partial charge in [0.25, 0.3) is 11.5 Å². The summed E-state index contributed by atoms with van der Waals surface area (Å²) in [4.78, 5) is 27.5. The number of aromatic nitrogens is 1. The van der Waals surface area contributed by atoms with Crippen molar-refractivity contribution in [2.45, 2.75) is 20.3 Å². The molecule has 6 heteroatoms. The van der Waals surface area contributed by atoms with Crippen molar-refractivity contribution >= 4 is 22.5 Å². The fourth-order valence-electron chi connectivity index (χ4n) is 3.32. The van der Waals surface area contributed by atoms with Crippen LogP contribution in [0, 0.1) is 0 Å². The number of amides is 1. The number of hydrogen-bond donors (Lipinski definition) is 1. The molecular weight excluding hydrogens is 394 g/mol. The van der Waals surface area contributed by atoms with E-state index in [1.54, 1.807) is 25.2 Å². The van der Waals surface area contributed by atoms with E-state index in [4.69, 9.17) is 0 Å². The summed E-state index contributed by atoms with van der Waals surface area (Å²) in [5, 5.41) is 11.4. The molecule has 1 amide bonds. The Balaban J connectivity index is 0.00000261. The van der Waals surface area contributed by atoms with Gasteiger partial charge in [0.2, 0.25) is 0 Å². The zero-order chi connectivity index (χ0) is 18.8. The monoisotopic (exact) mass is 414 g/mol. The summed E-state index contributed by atoms with van der Waals surface area (Å²) in [5.41, 5.74) is 1.51. The number of benzene rings is 2. The fraction of sp³-hybridized carbons (Fsp3) is 0.238. The Labute approximate surface area is 171 Å². The summed E-state index contributed by atoms with van der Waals surface area (Å²) < 4.78 is 1.43. The van der Waals surface area contributed by atoms with Gasteiger partial charge in [-0.1, -0.05) is 37.3 Å². The second-order valence-corrected chi connectivity index (χ2v) is 6.14. The van der Waals surface area contributed by atoms with Crippen molar-refractivity contribution < 1.29 is 29.4 Å². The number of pyridine rings is 1. The first kappa shape index (κ1) is 20.9. The molecule has 5 nitrogen and oxygen atoms in total. The summed E-state index contributed by atoms with van der Waals surface area (Å²) in [5.74, 6) is -0.732. The fourth-order valence-corrected chi connectivity index (χ4v) is 3.32. The Hall–Kier alpha value is -2.46. The summed E-state index contributed by atoms with van der Waals surface area (Å²) >= 11 is 0. The van der Waals surface area contributed by atoms with Gasteiger partial charge in [-0.05, 0) is 37.1 Å². The average molecular weight is 416 g/mol. The van der Waals surface area contributed by atoms with Gasteiger partial charge >= 0.3 is 0 Å². The van der Waals surface area contributed by atoms with E-state index in [0.717, 1.165) is 5.56 Å². The number of nitrogens with zero attached hydrogens (tertiary/aromatic N) is 2. The molecule has 0 spiro atoms. The van der Waals surface area contributed by atoms with Gasteiger partial charge in [-0.15, -0.1) is 0 Å². The molecule has 0 aliphatic rings. The average Bonchev–Trinajstić information content (AvgIpc) is 2.67. The van der Waals surface area contributed by atoms with Gasteiger partial charge in [-0.25, -0.2) is 0 Å². The molecule has 136 valence electrons. The first-order valence-corrected chi connectivity index (χ1v) is 8.71. The van der Waals surface area contributed by atoms with E-state index < -0.39 is 11.5 Å². The van der Waals surface area contributed by atoms with Gasteiger partial charge in [0.1, 0.15) is 11.3 Å². The van der Waals surface area contributed by atoms with Gasteiger partial charge in [-0.3, -0.25) is 9.59 Å². The van der Waals surface area contributed by atoms with Crippen molar-refractivity contribution in [3.8, 4) is 5.75 Å². The van der Waals surface area contributed by atoms with Crippen LogP contribution in [0.3, 0.4) is 0 Å². The van der Waals surface area contributed by atoms with Crippen LogP contribution in [0.25, 0.3) is 10.9 Å². The number of fused-ring (bicyclic) bond motifs is 1. The van der Waals surface area contributed by atoms with E-state index in [-0.39, 0.29) is 30.8 Å². The van der Waals surface area contributed by atoms with Crippen molar-refractivity contribution in [1.82, 2.24) is 4.57 Å². The van der Waals surface area contributed by atoms with Crippen LogP contribution in [0.2, 0.25) is 0 Å². The SMILES string of the molecule is CCc1cccc2c1c(O)c(C(=O)N(CC)c1ccccc1)c(=O)n2C.[Zn]. The maximum atomic E-state index is 13.2. The number of aryl methyl sites for hydroxylation is 2. The van der Waals surface area contributed by atoms with E-state index in [1.807, 2.05) is 44.2 Å². The number of aromatic hydroxyl groups is 1. The number of hydrogen-bond acceptors (Lipinski definition) is 3. The van der Waals surface area contributed by atoms with Crippen LogP contribution < -0.4 is 10.5 Å². The Morgan fingerprint density at radius 3 is 2.33 bits per heavy atom. The second kappa shape index (κ2) is 8.49. The smallest absolute Gasteiger partial charge is 0.267 e. The molecular formula is C21H22N2O3Zn. The molecule has 1 aromatic heterocycles. The number of anilines is 1. The molecule has 0 radical (unpaired) electrons. The van der Waals surface area contributed by atoms with Crippen molar-refractivity contribution in [3.05, 3.63) is 70.0 Å². The van der Waals surface area contributed by atoms with E-state index in [1.165, 1.54) is 9.47 Å². The van der Waals surface area contributed by atoms with Crippen LogP contribution >= 0.6 is 0 Å². The molecule has 0 saturated carbocycles. The molecule has 0 bridgehead atoms. The molecule has 0 saturated heterocycles. The topological polar surface area (TPSA) is 62.5 Å². The summed E-state index contributed by atoms with van der Waals surface area (Å²) in [6, 6.07) is 14.7. The Kier molecular flexibility index (Phi) is 6.56. The van der Waals surface area contributed by atoms with Crippen LogP contribution in [0.15, 0.2) is 53.3 Å². The first-order valence-electron chi connectivity index (χ1n) is 8.71. The normalized spacial score (nSPS) is 10.5. The Bertz CT molecular complexity index is 1030. The summed E-state index contributed by atoms with van der Waals surface area (Å²) in [7, 11) is 1.62. The third-order valence-corrected chi connectivity index (χ3v) is 4.71. The van der Waals surface area contributed by atoms with Gasteiger partial charge in [0.15, 0.2) is 0 Å². The van der Waals surface area contributed by atoms with Crippen molar-refractivity contribution in [3.63, 3.8) is 0 Å². The van der Waals surface area contributed by atoms with Gasteiger partial charge in [0, 0.05) is 44.1 Å². The predicted octanol–water partition coefficient (Wildman–Crippen LogP) is 3.47. The summed E-state index contributed by atoms with van der Waals surface area (Å²) in [6.45, 7) is 4.20. The Morgan fingerprint density at radius 1 is 1.07 bits per heavy atom. The minimum atomic E-state index is -0.498. The number of carbonyl (C=O) groups is 1. The zero-order valence-corrected chi connectivity index (χ0v) is 18.9. The molecule has 0 aliphatic carbocycles.